The summed E-state index contributed by atoms with van der Waals surface area (Å²) in [6.07, 6.45) is 1.48. The van der Waals surface area contributed by atoms with Gasteiger partial charge in [-0.15, -0.1) is 0 Å². The molecule has 0 aromatic carbocycles. The molecule has 5 N–H and O–H groups in total. The van der Waals surface area contributed by atoms with Crippen LogP contribution >= 0.6 is 0 Å². The number of piperidine rings is 1. The molecule has 0 atom stereocenters. The van der Waals surface area contributed by atoms with Gasteiger partial charge in [0.1, 0.15) is 5.69 Å². The molecule has 0 saturated carbocycles. The van der Waals surface area contributed by atoms with Gasteiger partial charge in [-0.2, -0.15) is 0 Å². The van der Waals surface area contributed by atoms with Crippen LogP contribution in [0.25, 0.3) is 0 Å². The zero-order valence-electron chi connectivity index (χ0n) is 11.4. The van der Waals surface area contributed by atoms with Crippen LogP contribution < -0.4 is 21.7 Å². The van der Waals surface area contributed by atoms with Gasteiger partial charge in [0.25, 0.3) is 5.91 Å². The Balaban J connectivity index is 2.12. The van der Waals surface area contributed by atoms with Gasteiger partial charge in [-0.1, -0.05) is 0 Å². The number of nitrogen functional groups attached to an aromatic ring is 1. The number of pyridine rings is 1. The van der Waals surface area contributed by atoms with Crippen molar-refractivity contribution >= 4 is 23.3 Å². The van der Waals surface area contributed by atoms with E-state index in [0.717, 1.165) is 12.8 Å². The standard InChI is InChI=1S/C13H19N5O2/c1-16-13(20)8-4-6-18(7-5-8)12-9(14)2-3-10(17-12)11(15)19/h2-3,8H,4-7,14H2,1H3,(H2,15,19)(H,16,20). The van der Waals surface area contributed by atoms with Gasteiger partial charge in [0.15, 0.2) is 5.82 Å². The molecule has 0 radical (unpaired) electrons. The fraction of sp³-hybridized carbons (Fsp3) is 0.462. The lowest BCUT2D eigenvalue weighted by molar-refractivity contribution is -0.125. The minimum absolute atomic E-state index is 0.0248. The summed E-state index contributed by atoms with van der Waals surface area (Å²) in [6, 6.07) is 3.14. The Bertz CT molecular complexity index is 523. The van der Waals surface area contributed by atoms with E-state index in [-0.39, 0.29) is 17.5 Å². The highest BCUT2D eigenvalue weighted by Gasteiger charge is 2.26. The molecule has 1 saturated heterocycles. The van der Waals surface area contributed by atoms with Gasteiger partial charge >= 0.3 is 0 Å². The third-order valence-corrected chi connectivity index (χ3v) is 3.57. The summed E-state index contributed by atoms with van der Waals surface area (Å²) < 4.78 is 0. The van der Waals surface area contributed by atoms with Crippen LogP contribution in [-0.2, 0) is 4.79 Å². The zero-order valence-corrected chi connectivity index (χ0v) is 11.4. The molecule has 7 heteroatoms. The Morgan fingerprint density at radius 2 is 2.00 bits per heavy atom. The van der Waals surface area contributed by atoms with Crippen molar-refractivity contribution < 1.29 is 9.59 Å². The molecule has 1 fully saturated rings. The maximum atomic E-state index is 11.6. The second-order valence-corrected chi connectivity index (χ2v) is 4.85. The molecular weight excluding hydrogens is 258 g/mol. The number of aromatic nitrogens is 1. The molecule has 1 aromatic rings. The van der Waals surface area contributed by atoms with Crippen LogP contribution in [0.1, 0.15) is 23.3 Å². The number of hydrogen-bond donors (Lipinski definition) is 3. The summed E-state index contributed by atoms with van der Waals surface area (Å²) in [6.45, 7) is 1.36. The Morgan fingerprint density at radius 3 is 2.55 bits per heavy atom. The lowest BCUT2D eigenvalue weighted by atomic mass is 9.96. The minimum atomic E-state index is -0.577. The van der Waals surface area contributed by atoms with Crippen molar-refractivity contribution in [2.75, 3.05) is 30.8 Å². The van der Waals surface area contributed by atoms with Crippen LogP contribution in [0.2, 0.25) is 0 Å². The van der Waals surface area contributed by atoms with Gasteiger partial charge < -0.3 is 21.7 Å². The first-order valence-corrected chi connectivity index (χ1v) is 6.55. The quantitative estimate of drug-likeness (QED) is 0.703. The van der Waals surface area contributed by atoms with Crippen LogP contribution in [0, 0.1) is 5.92 Å². The summed E-state index contributed by atoms with van der Waals surface area (Å²) >= 11 is 0. The second kappa shape index (κ2) is 5.77. The molecule has 2 rings (SSSR count). The molecule has 1 aliphatic rings. The number of rotatable bonds is 3. The molecule has 7 nitrogen and oxygen atoms in total. The summed E-state index contributed by atoms with van der Waals surface area (Å²) in [7, 11) is 1.64. The molecule has 108 valence electrons. The molecule has 2 amide bonds. The van der Waals surface area contributed by atoms with Gasteiger partial charge in [-0.3, -0.25) is 9.59 Å². The predicted molar refractivity (Wildman–Crippen MR) is 76.2 cm³/mol. The van der Waals surface area contributed by atoms with Gasteiger partial charge in [0.2, 0.25) is 5.91 Å². The van der Waals surface area contributed by atoms with Crippen molar-refractivity contribution in [3.63, 3.8) is 0 Å². The summed E-state index contributed by atoms with van der Waals surface area (Å²) in [4.78, 5) is 29.0. The van der Waals surface area contributed by atoms with Crippen molar-refractivity contribution in [1.29, 1.82) is 0 Å². The van der Waals surface area contributed by atoms with Crippen molar-refractivity contribution in [2.45, 2.75) is 12.8 Å². The fourth-order valence-corrected chi connectivity index (χ4v) is 2.41. The molecular formula is C13H19N5O2. The van der Waals surface area contributed by atoms with Crippen LogP contribution in [0.5, 0.6) is 0 Å². The van der Waals surface area contributed by atoms with E-state index in [4.69, 9.17) is 11.5 Å². The Kier molecular flexibility index (Phi) is 4.07. The van der Waals surface area contributed by atoms with E-state index in [2.05, 4.69) is 10.3 Å². The van der Waals surface area contributed by atoms with Crippen molar-refractivity contribution in [2.24, 2.45) is 11.7 Å². The van der Waals surface area contributed by atoms with E-state index < -0.39 is 5.91 Å². The van der Waals surface area contributed by atoms with Gasteiger partial charge in [-0.25, -0.2) is 4.98 Å². The van der Waals surface area contributed by atoms with E-state index in [0.29, 0.717) is 24.6 Å². The Hall–Kier alpha value is -2.31. The number of nitrogens with zero attached hydrogens (tertiary/aromatic N) is 2. The first-order chi connectivity index (χ1) is 9.52. The van der Waals surface area contributed by atoms with Crippen LogP contribution in [-0.4, -0.2) is 36.9 Å². The van der Waals surface area contributed by atoms with E-state index >= 15 is 0 Å². The third kappa shape index (κ3) is 2.81. The number of hydrogen-bond acceptors (Lipinski definition) is 5. The fourth-order valence-electron chi connectivity index (χ4n) is 2.41. The van der Waals surface area contributed by atoms with Crippen LogP contribution in [0.15, 0.2) is 12.1 Å². The van der Waals surface area contributed by atoms with Crippen LogP contribution in [0.4, 0.5) is 11.5 Å². The largest absolute Gasteiger partial charge is 0.396 e. The number of primary amides is 1. The third-order valence-electron chi connectivity index (χ3n) is 3.57. The average molecular weight is 277 g/mol. The van der Waals surface area contributed by atoms with Crippen molar-refractivity contribution in [1.82, 2.24) is 10.3 Å². The topological polar surface area (TPSA) is 114 Å². The molecule has 0 aliphatic carbocycles. The number of nitrogens with one attached hydrogen (secondary N) is 1. The molecule has 0 spiro atoms. The lowest BCUT2D eigenvalue weighted by Crippen LogP contribution is -2.40. The van der Waals surface area contributed by atoms with E-state index in [1.807, 2.05) is 4.90 Å². The minimum Gasteiger partial charge on any atom is -0.396 e. The summed E-state index contributed by atoms with van der Waals surface area (Å²) in [5.41, 5.74) is 11.8. The summed E-state index contributed by atoms with van der Waals surface area (Å²) in [5, 5.41) is 2.67. The summed E-state index contributed by atoms with van der Waals surface area (Å²) in [5.74, 6) is 0.0800. The molecule has 2 heterocycles. The van der Waals surface area contributed by atoms with E-state index in [9.17, 15) is 9.59 Å². The number of anilines is 2. The van der Waals surface area contributed by atoms with E-state index in [1.165, 1.54) is 6.07 Å². The maximum absolute atomic E-state index is 11.6. The second-order valence-electron chi connectivity index (χ2n) is 4.85. The van der Waals surface area contributed by atoms with Gasteiger partial charge in [0, 0.05) is 26.1 Å². The maximum Gasteiger partial charge on any atom is 0.267 e. The monoisotopic (exact) mass is 277 g/mol. The Labute approximate surface area is 117 Å². The number of nitrogens with two attached hydrogens (primary N) is 2. The smallest absolute Gasteiger partial charge is 0.267 e. The normalized spacial score (nSPS) is 15.9. The molecule has 20 heavy (non-hydrogen) atoms. The number of carbonyl (C=O) groups excluding carboxylic acids is 2. The van der Waals surface area contributed by atoms with Gasteiger partial charge in [0.05, 0.1) is 5.69 Å². The average Bonchev–Trinajstić information content (AvgIpc) is 2.47. The van der Waals surface area contributed by atoms with E-state index in [1.54, 1.807) is 13.1 Å². The highest BCUT2D eigenvalue weighted by molar-refractivity contribution is 5.92. The lowest BCUT2D eigenvalue weighted by Gasteiger charge is -2.32. The molecule has 1 aromatic heterocycles. The van der Waals surface area contributed by atoms with Crippen molar-refractivity contribution in [3.8, 4) is 0 Å². The first-order valence-electron chi connectivity index (χ1n) is 6.55. The zero-order chi connectivity index (χ0) is 14.7. The van der Waals surface area contributed by atoms with Crippen LogP contribution in [0.3, 0.4) is 0 Å². The highest BCUT2D eigenvalue weighted by atomic mass is 16.2. The number of amides is 2. The SMILES string of the molecule is CNC(=O)C1CCN(c2nc(C(N)=O)ccc2N)CC1. The van der Waals surface area contributed by atoms with Crippen molar-refractivity contribution in [3.05, 3.63) is 17.8 Å². The Morgan fingerprint density at radius 1 is 1.35 bits per heavy atom. The predicted octanol–water partition coefficient (Wildman–Crippen LogP) is -0.275. The van der Waals surface area contributed by atoms with Gasteiger partial charge in [-0.05, 0) is 25.0 Å². The number of carbonyl (C=O) groups is 2. The highest BCUT2D eigenvalue weighted by Crippen LogP contribution is 2.26. The molecule has 1 aliphatic heterocycles. The first kappa shape index (κ1) is 14.1. The molecule has 0 unspecified atom stereocenters. The molecule has 0 bridgehead atoms.